The van der Waals surface area contributed by atoms with Crippen LogP contribution in [-0.4, -0.2) is 19.2 Å². The van der Waals surface area contributed by atoms with Crippen LogP contribution in [0.3, 0.4) is 0 Å². The molecule has 0 aliphatic carbocycles. The van der Waals surface area contributed by atoms with Crippen molar-refractivity contribution in [3.63, 3.8) is 0 Å². The zero-order chi connectivity index (χ0) is 15.7. The minimum absolute atomic E-state index is 0.134. The predicted molar refractivity (Wildman–Crippen MR) is 76.1 cm³/mol. The molecule has 0 aliphatic rings. The van der Waals surface area contributed by atoms with Crippen LogP contribution in [0.4, 0.5) is 11.7 Å². The number of hydrogen-bond donors (Lipinski definition) is 0. The number of hydrogen-bond acceptors (Lipinski definition) is 6. The Hall–Kier alpha value is -3.49. The lowest BCUT2D eigenvalue weighted by Gasteiger charge is -1.93. The van der Waals surface area contributed by atoms with E-state index in [1.165, 1.54) is 34.9 Å². The average Bonchev–Trinajstić information content (AvgIpc) is 3.09. The zero-order valence-corrected chi connectivity index (χ0v) is 10.9. The molecule has 0 unspecified atom stereocenters. The van der Waals surface area contributed by atoms with Crippen LogP contribution in [0.2, 0.25) is 0 Å². The number of imidazole rings is 1. The topological polar surface area (TPSA) is 117 Å². The summed E-state index contributed by atoms with van der Waals surface area (Å²) < 4.78 is 6.30. The Morgan fingerprint density at radius 3 is 2.59 bits per heavy atom. The summed E-state index contributed by atoms with van der Waals surface area (Å²) in [5.74, 6) is -0.380. The van der Waals surface area contributed by atoms with E-state index in [9.17, 15) is 20.2 Å². The molecule has 0 aromatic carbocycles. The first-order valence-electron chi connectivity index (χ1n) is 6.10. The first-order valence-corrected chi connectivity index (χ1v) is 6.10. The van der Waals surface area contributed by atoms with Crippen LogP contribution in [0.25, 0.3) is 17.8 Å². The number of fused-ring (bicyclic) bond motifs is 1. The van der Waals surface area contributed by atoms with Gasteiger partial charge in [0, 0.05) is 6.07 Å². The summed E-state index contributed by atoms with van der Waals surface area (Å²) in [6, 6.07) is 7.62. The molecule has 0 fully saturated rings. The SMILES string of the molecule is O=[N+]([O-])c1ccc(/C=C/c2nc3ccccn3c2[N+](=O)[O-])o1. The molecule has 22 heavy (non-hydrogen) atoms. The third kappa shape index (κ3) is 2.30. The molecule has 0 radical (unpaired) electrons. The number of rotatable bonds is 4. The highest BCUT2D eigenvalue weighted by molar-refractivity contribution is 5.72. The van der Waals surface area contributed by atoms with E-state index in [0.717, 1.165) is 0 Å². The van der Waals surface area contributed by atoms with Crippen LogP contribution in [-0.2, 0) is 0 Å². The van der Waals surface area contributed by atoms with Gasteiger partial charge in [-0.25, -0.2) is 4.98 Å². The van der Waals surface area contributed by atoms with Crippen molar-refractivity contribution in [2.75, 3.05) is 0 Å². The maximum atomic E-state index is 11.2. The number of pyridine rings is 1. The molecule has 0 N–H and O–H groups in total. The minimum atomic E-state index is -0.662. The Morgan fingerprint density at radius 2 is 1.91 bits per heavy atom. The van der Waals surface area contributed by atoms with Crippen LogP contribution in [0.5, 0.6) is 0 Å². The lowest BCUT2D eigenvalue weighted by atomic mass is 10.3. The summed E-state index contributed by atoms with van der Waals surface area (Å²) in [6.07, 6.45) is 4.31. The van der Waals surface area contributed by atoms with Gasteiger partial charge in [0.25, 0.3) is 0 Å². The molecular formula is C13H8N4O5. The zero-order valence-electron chi connectivity index (χ0n) is 10.9. The largest absolute Gasteiger partial charge is 0.433 e. The van der Waals surface area contributed by atoms with Crippen molar-refractivity contribution in [1.29, 1.82) is 0 Å². The smallest absolute Gasteiger partial charge is 0.401 e. The first kappa shape index (κ1) is 13.5. The van der Waals surface area contributed by atoms with Crippen molar-refractivity contribution >= 4 is 29.5 Å². The lowest BCUT2D eigenvalue weighted by molar-refractivity contribution is -0.402. The Kier molecular flexibility index (Phi) is 3.14. The van der Waals surface area contributed by atoms with Crippen molar-refractivity contribution in [2.24, 2.45) is 0 Å². The van der Waals surface area contributed by atoms with Gasteiger partial charge in [-0.15, -0.1) is 0 Å². The highest BCUT2D eigenvalue weighted by atomic mass is 16.6. The maximum Gasteiger partial charge on any atom is 0.433 e. The first-order chi connectivity index (χ1) is 10.6. The monoisotopic (exact) mass is 300 g/mol. The second-order valence-electron chi connectivity index (χ2n) is 4.27. The summed E-state index contributed by atoms with van der Waals surface area (Å²) in [5, 5.41) is 21.7. The van der Waals surface area contributed by atoms with Crippen molar-refractivity contribution in [3.8, 4) is 0 Å². The van der Waals surface area contributed by atoms with Crippen molar-refractivity contribution in [2.45, 2.75) is 0 Å². The van der Waals surface area contributed by atoms with Gasteiger partial charge in [-0.3, -0.25) is 10.1 Å². The van der Waals surface area contributed by atoms with E-state index in [4.69, 9.17) is 4.42 Å². The van der Waals surface area contributed by atoms with E-state index >= 15 is 0 Å². The average molecular weight is 300 g/mol. The number of nitrogens with zero attached hydrogens (tertiary/aromatic N) is 4. The lowest BCUT2D eigenvalue weighted by Crippen LogP contribution is -1.94. The molecule has 3 aromatic heterocycles. The third-order valence-electron chi connectivity index (χ3n) is 2.90. The van der Waals surface area contributed by atoms with Gasteiger partial charge in [0.15, 0.2) is 5.69 Å². The Bertz CT molecular complexity index is 908. The van der Waals surface area contributed by atoms with Gasteiger partial charge in [0.1, 0.15) is 10.7 Å². The molecule has 3 rings (SSSR count). The van der Waals surface area contributed by atoms with Crippen LogP contribution in [0.15, 0.2) is 40.9 Å². The van der Waals surface area contributed by atoms with Gasteiger partial charge >= 0.3 is 11.7 Å². The van der Waals surface area contributed by atoms with E-state index in [1.807, 2.05) is 0 Å². The van der Waals surface area contributed by atoms with Gasteiger partial charge in [-0.1, -0.05) is 6.07 Å². The summed E-state index contributed by atoms with van der Waals surface area (Å²) in [5.41, 5.74) is 0.564. The molecule has 9 nitrogen and oxygen atoms in total. The van der Waals surface area contributed by atoms with E-state index in [-0.39, 0.29) is 17.3 Å². The second-order valence-corrected chi connectivity index (χ2v) is 4.27. The number of furan rings is 1. The normalized spacial score (nSPS) is 11.3. The Labute approximate surface area is 122 Å². The van der Waals surface area contributed by atoms with Crippen LogP contribution < -0.4 is 0 Å². The van der Waals surface area contributed by atoms with Gasteiger partial charge in [-0.2, -0.15) is 4.40 Å². The minimum Gasteiger partial charge on any atom is -0.401 e. The van der Waals surface area contributed by atoms with Gasteiger partial charge in [-0.05, 0) is 29.2 Å². The summed E-state index contributed by atoms with van der Waals surface area (Å²) in [4.78, 5) is 24.7. The molecule has 0 spiro atoms. The molecule has 0 bridgehead atoms. The highest BCUT2D eigenvalue weighted by Gasteiger charge is 2.20. The Morgan fingerprint density at radius 1 is 1.09 bits per heavy atom. The molecular weight excluding hydrogens is 292 g/mol. The van der Waals surface area contributed by atoms with Crippen molar-refractivity contribution in [1.82, 2.24) is 9.38 Å². The fourth-order valence-electron chi connectivity index (χ4n) is 1.99. The molecule has 0 aliphatic heterocycles. The van der Waals surface area contributed by atoms with E-state index in [0.29, 0.717) is 5.65 Å². The van der Waals surface area contributed by atoms with Crippen molar-refractivity contribution < 1.29 is 14.3 Å². The molecule has 0 amide bonds. The fourth-order valence-corrected chi connectivity index (χ4v) is 1.99. The highest BCUT2D eigenvalue weighted by Crippen LogP contribution is 2.23. The van der Waals surface area contributed by atoms with Gasteiger partial charge in [0.2, 0.25) is 5.65 Å². The van der Waals surface area contributed by atoms with E-state index in [1.54, 1.807) is 18.2 Å². The number of aromatic nitrogens is 2. The van der Waals surface area contributed by atoms with E-state index < -0.39 is 15.7 Å². The van der Waals surface area contributed by atoms with Crippen LogP contribution >= 0.6 is 0 Å². The standard InChI is InChI=1S/C13H8N4O5/c18-16(19)12-7-5-9(22-12)4-6-10-13(17(20)21)15-8-2-1-3-11(15)14-10/h1-8H/b6-4+. The Balaban J connectivity index is 2.02. The maximum absolute atomic E-state index is 11.2. The molecule has 0 saturated heterocycles. The summed E-state index contributed by atoms with van der Waals surface area (Å²) in [7, 11) is 0. The second kappa shape index (κ2) is 5.13. The van der Waals surface area contributed by atoms with Crippen molar-refractivity contribution in [3.05, 3.63) is 68.2 Å². The molecule has 9 heteroatoms. The summed E-state index contributed by atoms with van der Waals surface area (Å²) >= 11 is 0. The molecule has 0 atom stereocenters. The van der Waals surface area contributed by atoms with E-state index in [2.05, 4.69) is 4.98 Å². The van der Waals surface area contributed by atoms with Crippen LogP contribution in [0.1, 0.15) is 11.5 Å². The molecule has 0 saturated carbocycles. The molecule has 3 aromatic rings. The molecule has 110 valence electrons. The number of nitro groups is 2. The summed E-state index contributed by atoms with van der Waals surface area (Å²) in [6.45, 7) is 0. The van der Waals surface area contributed by atoms with Gasteiger partial charge in [0.05, 0.1) is 12.3 Å². The third-order valence-corrected chi connectivity index (χ3v) is 2.90. The predicted octanol–water partition coefficient (Wildman–Crippen LogP) is 2.91. The van der Waals surface area contributed by atoms with Gasteiger partial charge < -0.3 is 14.5 Å². The fraction of sp³-hybridized carbons (Fsp3) is 0. The van der Waals surface area contributed by atoms with Crippen LogP contribution in [0, 0.1) is 20.2 Å². The molecule has 3 heterocycles. The quantitative estimate of drug-likeness (QED) is 0.540.